The van der Waals surface area contributed by atoms with Crippen molar-refractivity contribution in [1.29, 1.82) is 0 Å². The number of carbonyl (C=O) groups excluding carboxylic acids is 1. The van der Waals surface area contributed by atoms with Gasteiger partial charge in [-0.1, -0.05) is 35.9 Å². The van der Waals surface area contributed by atoms with E-state index in [9.17, 15) is 9.18 Å². The van der Waals surface area contributed by atoms with Gasteiger partial charge in [-0.3, -0.25) is 4.79 Å². The molecule has 1 aliphatic rings. The summed E-state index contributed by atoms with van der Waals surface area (Å²) in [4.78, 5) is 14.5. The molecule has 26 heavy (non-hydrogen) atoms. The summed E-state index contributed by atoms with van der Waals surface area (Å²) in [6.07, 6.45) is 2.13. The van der Waals surface area contributed by atoms with E-state index in [4.69, 9.17) is 11.6 Å². The minimum atomic E-state index is -0.462. The first kappa shape index (κ1) is 17.1. The summed E-state index contributed by atoms with van der Waals surface area (Å²) in [7, 11) is 1.86. The van der Waals surface area contributed by atoms with E-state index in [0.717, 1.165) is 24.9 Å². The van der Waals surface area contributed by atoms with Gasteiger partial charge in [-0.25, -0.2) is 4.39 Å². The van der Waals surface area contributed by atoms with Gasteiger partial charge in [-0.15, -0.1) is 0 Å². The van der Waals surface area contributed by atoms with Gasteiger partial charge in [-0.05, 0) is 48.1 Å². The summed E-state index contributed by atoms with van der Waals surface area (Å²) < 4.78 is 15.6. The Hall–Kier alpha value is -2.33. The Morgan fingerprint density at radius 3 is 2.88 bits per heavy atom. The van der Waals surface area contributed by atoms with Crippen molar-refractivity contribution in [2.75, 3.05) is 7.05 Å². The molecule has 0 saturated carbocycles. The lowest BCUT2D eigenvalue weighted by molar-refractivity contribution is -0.131. The number of aryl methyl sites for hydroxylation is 1. The van der Waals surface area contributed by atoms with Crippen LogP contribution >= 0.6 is 11.6 Å². The van der Waals surface area contributed by atoms with Gasteiger partial charge in [0.05, 0.1) is 11.4 Å². The van der Waals surface area contributed by atoms with Gasteiger partial charge in [0, 0.05) is 30.8 Å². The molecule has 0 spiro atoms. The van der Waals surface area contributed by atoms with Gasteiger partial charge in [0.25, 0.3) is 0 Å². The maximum Gasteiger partial charge on any atom is 0.227 e. The molecule has 0 N–H and O–H groups in total. The Morgan fingerprint density at radius 1 is 1.27 bits per heavy atom. The van der Waals surface area contributed by atoms with E-state index in [-0.39, 0.29) is 23.4 Å². The summed E-state index contributed by atoms with van der Waals surface area (Å²) >= 11 is 5.82. The topological polar surface area (TPSA) is 25.2 Å². The molecule has 5 heteroatoms. The summed E-state index contributed by atoms with van der Waals surface area (Å²) in [5, 5.41) is 1.30. The molecular formula is C21H20ClFN2O. The highest BCUT2D eigenvalue weighted by Crippen LogP contribution is 2.27. The first-order chi connectivity index (χ1) is 12.5. The van der Waals surface area contributed by atoms with Crippen LogP contribution in [-0.2, 0) is 24.2 Å². The van der Waals surface area contributed by atoms with Crippen molar-refractivity contribution in [2.45, 2.75) is 31.8 Å². The zero-order valence-electron chi connectivity index (χ0n) is 14.6. The zero-order valence-corrected chi connectivity index (χ0v) is 15.3. The molecule has 1 amide bonds. The second-order valence-electron chi connectivity index (χ2n) is 6.93. The molecule has 4 rings (SSSR count). The van der Waals surface area contributed by atoms with E-state index in [0.29, 0.717) is 0 Å². The molecule has 0 unspecified atom stereocenters. The second-order valence-corrected chi connectivity index (χ2v) is 7.33. The monoisotopic (exact) mass is 370 g/mol. The fourth-order valence-electron chi connectivity index (χ4n) is 3.78. The molecule has 3 nitrogen and oxygen atoms in total. The van der Waals surface area contributed by atoms with Crippen LogP contribution in [0.15, 0.2) is 48.5 Å². The van der Waals surface area contributed by atoms with Crippen LogP contribution < -0.4 is 0 Å². The minimum Gasteiger partial charge on any atom is -0.343 e. The summed E-state index contributed by atoms with van der Waals surface area (Å²) in [6.45, 7) is 0.801. The van der Waals surface area contributed by atoms with Crippen molar-refractivity contribution in [2.24, 2.45) is 0 Å². The number of fused-ring (bicyclic) bond motifs is 3. The van der Waals surface area contributed by atoms with Crippen LogP contribution in [0.25, 0.3) is 10.9 Å². The fraction of sp³-hybridized carbons (Fsp3) is 0.286. The maximum absolute atomic E-state index is 13.3. The summed E-state index contributed by atoms with van der Waals surface area (Å²) in [6, 6.07) is 15.2. The molecule has 0 saturated heterocycles. The number of rotatable bonds is 3. The molecule has 2 aromatic carbocycles. The minimum absolute atomic E-state index is 0.0255. The SMILES string of the molecule is CN(C(=O)Cc1ccc(F)c(Cl)c1)[C@@H]1CCc2cc3ccccc3n2C1. The van der Waals surface area contributed by atoms with Crippen molar-refractivity contribution in [1.82, 2.24) is 9.47 Å². The number of halogens is 2. The highest BCUT2D eigenvalue weighted by molar-refractivity contribution is 6.30. The van der Waals surface area contributed by atoms with E-state index in [1.54, 1.807) is 6.07 Å². The number of benzene rings is 2. The molecule has 0 aliphatic carbocycles. The van der Waals surface area contributed by atoms with Crippen LogP contribution in [0.4, 0.5) is 4.39 Å². The van der Waals surface area contributed by atoms with E-state index < -0.39 is 5.82 Å². The van der Waals surface area contributed by atoms with Crippen molar-refractivity contribution in [3.05, 3.63) is 70.6 Å². The molecular weight excluding hydrogens is 351 g/mol. The highest BCUT2D eigenvalue weighted by Gasteiger charge is 2.26. The Labute approximate surface area is 157 Å². The zero-order chi connectivity index (χ0) is 18.3. The highest BCUT2D eigenvalue weighted by atomic mass is 35.5. The quantitative estimate of drug-likeness (QED) is 0.668. The lowest BCUT2D eigenvalue weighted by Gasteiger charge is -2.33. The molecule has 1 aliphatic heterocycles. The number of carbonyl (C=O) groups is 1. The van der Waals surface area contributed by atoms with Crippen LogP contribution in [0, 0.1) is 5.82 Å². The van der Waals surface area contributed by atoms with Crippen molar-refractivity contribution in [3.63, 3.8) is 0 Å². The Balaban J connectivity index is 1.50. The van der Waals surface area contributed by atoms with Gasteiger partial charge in [-0.2, -0.15) is 0 Å². The number of hydrogen-bond acceptors (Lipinski definition) is 1. The smallest absolute Gasteiger partial charge is 0.227 e. The van der Waals surface area contributed by atoms with Crippen LogP contribution in [0.5, 0.6) is 0 Å². The lowest BCUT2D eigenvalue weighted by atomic mass is 10.0. The Kier molecular flexibility index (Phi) is 4.45. The second kappa shape index (κ2) is 6.76. The van der Waals surface area contributed by atoms with Crippen LogP contribution in [-0.4, -0.2) is 28.5 Å². The molecule has 134 valence electrons. The van der Waals surface area contributed by atoms with Crippen LogP contribution in [0.3, 0.4) is 0 Å². The van der Waals surface area contributed by atoms with Gasteiger partial charge >= 0.3 is 0 Å². The van der Waals surface area contributed by atoms with Gasteiger partial charge in [0.1, 0.15) is 5.82 Å². The number of para-hydroxylation sites is 1. The number of likely N-dealkylation sites (N-methyl/N-ethyl adjacent to an activating group) is 1. The molecule has 0 fully saturated rings. The molecule has 1 atom stereocenters. The molecule has 0 radical (unpaired) electrons. The molecule has 3 aromatic rings. The van der Waals surface area contributed by atoms with Crippen molar-refractivity contribution in [3.8, 4) is 0 Å². The maximum atomic E-state index is 13.3. The predicted molar refractivity (Wildman–Crippen MR) is 102 cm³/mol. The van der Waals surface area contributed by atoms with E-state index >= 15 is 0 Å². The van der Waals surface area contributed by atoms with Crippen LogP contribution in [0.1, 0.15) is 17.7 Å². The van der Waals surface area contributed by atoms with Gasteiger partial charge in [0.2, 0.25) is 5.91 Å². The fourth-order valence-corrected chi connectivity index (χ4v) is 3.98. The van der Waals surface area contributed by atoms with E-state index in [1.165, 1.54) is 28.7 Å². The normalized spacial score (nSPS) is 16.5. The number of amides is 1. The van der Waals surface area contributed by atoms with Crippen LogP contribution in [0.2, 0.25) is 5.02 Å². The summed E-state index contributed by atoms with van der Waals surface area (Å²) in [5.74, 6) is -0.437. The van der Waals surface area contributed by atoms with E-state index in [1.807, 2.05) is 18.0 Å². The van der Waals surface area contributed by atoms with Crippen molar-refractivity contribution < 1.29 is 9.18 Å². The van der Waals surface area contributed by atoms with Gasteiger partial charge in [0.15, 0.2) is 0 Å². The summed E-state index contributed by atoms with van der Waals surface area (Å²) in [5.41, 5.74) is 3.28. The first-order valence-corrected chi connectivity index (χ1v) is 9.17. The average Bonchev–Trinajstić information content (AvgIpc) is 3.02. The lowest BCUT2D eigenvalue weighted by Crippen LogP contribution is -2.43. The molecule has 0 bridgehead atoms. The van der Waals surface area contributed by atoms with E-state index in [2.05, 4.69) is 28.8 Å². The number of aromatic nitrogens is 1. The third-order valence-electron chi connectivity index (χ3n) is 5.30. The Morgan fingerprint density at radius 2 is 2.08 bits per heavy atom. The van der Waals surface area contributed by atoms with Gasteiger partial charge < -0.3 is 9.47 Å². The predicted octanol–water partition coefficient (Wildman–Crippen LogP) is 4.45. The van der Waals surface area contributed by atoms with Crippen molar-refractivity contribution >= 4 is 28.4 Å². The number of hydrogen-bond donors (Lipinski definition) is 0. The molecule has 2 heterocycles. The first-order valence-electron chi connectivity index (χ1n) is 8.79. The largest absolute Gasteiger partial charge is 0.343 e. The third-order valence-corrected chi connectivity index (χ3v) is 5.59. The standard InChI is InChI=1S/C21H20ClFN2O/c1-24(21(26)11-14-6-9-19(23)18(22)10-14)17-8-7-16-12-15-4-2-3-5-20(15)25(16)13-17/h2-6,9-10,12,17H,7-8,11,13H2,1H3/t17-/m1/s1. The third kappa shape index (κ3) is 3.10. The number of nitrogens with zero attached hydrogens (tertiary/aromatic N) is 2. The molecule has 1 aromatic heterocycles. The average molecular weight is 371 g/mol. The Bertz CT molecular complexity index is 981.